The second-order valence-electron chi connectivity index (χ2n) is 8.82. The lowest BCUT2D eigenvalue weighted by Crippen LogP contribution is -2.34. The lowest BCUT2D eigenvalue weighted by Gasteiger charge is -2.23. The fraction of sp³-hybridized carbons (Fsp3) is 0.321. The molecule has 9 heteroatoms. The van der Waals surface area contributed by atoms with Gasteiger partial charge in [0.2, 0.25) is 0 Å². The molecule has 0 spiro atoms. The summed E-state index contributed by atoms with van der Waals surface area (Å²) in [6.07, 6.45) is 1.67. The fourth-order valence-corrected chi connectivity index (χ4v) is 4.45. The van der Waals surface area contributed by atoms with Crippen LogP contribution >= 0.6 is 0 Å². The minimum Gasteiger partial charge on any atom is -0.495 e. The lowest BCUT2D eigenvalue weighted by molar-refractivity contribution is 0.0947. The number of benzene rings is 2. The summed E-state index contributed by atoms with van der Waals surface area (Å²) in [6.45, 7) is 7.47. The van der Waals surface area contributed by atoms with Crippen LogP contribution in [0.3, 0.4) is 0 Å². The van der Waals surface area contributed by atoms with E-state index in [9.17, 15) is 9.59 Å². The van der Waals surface area contributed by atoms with Crippen molar-refractivity contribution in [3.8, 4) is 5.75 Å². The number of methoxy groups -OCH3 is 1. The molecule has 4 rings (SSSR count). The first-order valence-electron chi connectivity index (χ1n) is 12.4. The summed E-state index contributed by atoms with van der Waals surface area (Å²) in [5.74, 6) is 0.903. The molecule has 0 atom stereocenters. The van der Waals surface area contributed by atoms with Crippen LogP contribution in [0.2, 0.25) is 0 Å². The van der Waals surface area contributed by atoms with Gasteiger partial charge in [-0.2, -0.15) is 0 Å². The molecule has 0 fully saturated rings. The number of ether oxygens (including phenoxy) is 1. The van der Waals surface area contributed by atoms with E-state index in [0.717, 1.165) is 31.0 Å². The van der Waals surface area contributed by atoms with Gasteiger partial charge in [0.1, 0.15) is 11.6 Å². The highest BCUT2D eigenvalue weighted by Gasteiger charge is 2.27. The topological polar surface area (TPSA) is 90.0 Å². The van der Waals surface area contributed by atoms with Crippen molar-refractivity contribution in [2.45, 2.75) is 13.8 Å². The molecule has 1 aliphatic heterocycles. The van der Waals surface area contributed by atoms with Gasteiger partial charge in [0, 0.05) is 38.8 Å². The number of carbonyl (C=O) groups is 2. The largest absolute Gasteiger partial charge is 0.495 e. The number of fused-ring (bicyclic) bond motifs is 2. The van der Waals surface area contributed by atoms with E-state index in [4.69, 9.17) is 4.74 Å². The predicted octanol–water partition coefficient (Wildman–Crippen LogP) is 4.26. The predicted molar refractivity (Wildman–Crippen MR) is 148 cm³/mol. The van der Waals surface area contributed by atoms with Crippen molar-refractivity contribution in [2.24, 2.45) is 0 Å². The van der Waals surface area contributed by atoms with Gasteiger partial charge in [0.15, 0.2) is 0 Å². The molecule has 0 saturated carbocycles. The van der Waals surface area contributed by atoms with Gasteiger partial charge in [-0.05, 0) is 43.4 Å². The zero-order valence-corrected chi connectivity index (χ0v) is 22.0. The SMILES string of the molecule is CCN(CC)CCNC(=O)c1ccc(OC)c(Nc2cc3c(cn2)N(C)C(=O)c2ccccc2N3C)c1. The maximum absolute atomic E-state index is 13.1. The Morgan fingerprint density at radius 2 is 1.76 bits per heavy atom. The molecule has 3 aromatic rings. The molecule has 2 heterocycles. The Balaban J connectivity index is 1.60. The molecule has 194 valence electrons. The first kappa shape index (κ1) is 26.0. The van der Waals surface area contributed by atoms with Gasteiger partial charge in [-0.1, -0.05) is 26.0 Å². The monoisotopic (exact) mass is 502 g/mol. The molecule has 2 amide bonds. The Kier molecular flexibility index (Phi) is 7.93. The highest BCUT2D eigenvalue weighted by Crippen LogP contribution is 2.40. The Hall–Kier alpha value is -4.11. The van der Waals surface area contributed by atoms with E-state index in [-0.39, 0.29) is 11.8 Å². The van der Waals surface area contributed by atoms with Crippen LogP contribution in [0.15, 0.2) is 54.7 Å². The summed E-state index contributed by atoms with van der Waals surface area (Å²) < 4.78 is 5.53. The molecular formula is C28H34N6O3. The average molecular weight is 503 g/mol. The number of hydrogen-bond donors (Lipinski definition) is 2. The fourth-order valence-electron chi connectivity index (χ4n) is 4.45. The zero-order valence-electron chi connectivity index (χ0n) is 22.0. The molecule has 0 saturated heterocycles. The van der Waals surface area contributed by atoms with E-state index in [2.05, 4.69) is 34.4 Å². The minimum absolute atomic E-state index is 0.0925. The van der Waals surface area contributed by atoms with Crippen molar-refractivity contribution < 1.29 is 14.3 Å². The third-order valence-electron chi connectivity index (χ3n) is 6.72. The number of hydrogen-bond acceptors (Lipinski definition) is 7. The van der Waals surface area contributed by atoms with Gasteiger partial charge >= 0.3 is 0 Å². The smallest absolute Gasteiger partial charge is 0.260 e. The highest BCUT2D eigenvalue weighted by molar-refractivity contribution is 6.13. The van der Waals surface area contributed by atoms with Crippen LogP contribution in [0.5, 0.6) is 5.75 Å². The molecule has 1 aromatic heterocycles. The maximum Gasteiger partial charge on any atom is 0.260 e. The van der Waals surface area contributed by atoms with E-state index in [1.54, 1.807) is 43.5 Å². The van der Waals surface area contributed by atoms with Crippen molar-refractivity contribution in [3.05, 3.63) is 65.9 Å². The normalized spacial score (nSPS) is 12.6. The van der Waals surface area contributed by atoms with Crippen molar-refractivity contribution in [1.82, 2.24) is 15.2 Å². The van der Waals surface area contributed by atoms with Gasteiger partial charge in [-0.3, -0.25) is 9.59 Å². The number of carbonyl (C=O) groups excluding carboxylic acids is 2. The van der Waals surface area contributed by atoms with E-state index in [0.29, 0.717) is 40.6 Å². The number of anilines is 5. The van der Waals surface area contributed by atoms with Gasteiger partial charge in [0.05, 0.1) is 41.6 Å². The third-order valence-corrected chi connectivity index (χ3v) is 6.72. The first-order chi connectivity index (χ1) is 17.9. The zero-order chi connectivity index (χ0) is 26.5. The molecule has 2 aromatic carbocycles. The molecule has 37 heavy (non-hydrogen) atoms. The van der Waals surface area contributed by atoms with Gasteiger partial charge in [-0.15, -0.1) is 0 Å². The van der Waals surface area contributed by atoms with Crippen molar-refractivity contribution in [1.29, 1.82) is 0 Å². The van der Waals surface area contributed by atoms with Crippen molar-refractivity contribution >= 4 is 40.4 Å². The van der Waals surface area contributed by atoms with Crippen LogP contribution in [-0.4, -0.2) is 69.1 Å². The number of likely N-dealkylation sites (N-methyl/N-ethyl adjacent to an activating group) is 1. The second-order valence-corrected chi connectivity index (χ2v) is 8.82. The molecule has 2 N–H and O–H groups in total. The standard InChI is InChI=1S/C28H34N6O3/c1-6-34(7-2)15-14-29-27(35)19-12-13-25(37-5)21(16-19)31-26-17-23-24(18-30-26)33(4)28(36)20-10-8-9-11-22(20)32(23)3/h8-13,16-18H,6-7,14-15H2,1-5H3,(H,29,35)(H,30,31). The number of amides is 2. The minimum atomic E-state index is -0.149. The third kappa shape index (κ3) is 5.36. The van der Waals surface area contributed by atoms with E-state index in [1.165, 1.54) is 0 Å². The summed E-state index contributed by atoms with van der Waals surface area (Å²) in [6, 6.07) is 14.7. The molecule has 0 bridgehead atoms. The van der Waals surface area contributed by atoms with Gasteiger partial charge in [-0.25, -0.2) is 4.98 Å². The number of pyridine rings is 1. The maximum atomic E-state index is 13.1. The van der Waals surface area contributed by atoms with Gasteiger partial charge < -0.3 is 30.1 Å². The Morgan fingerprint density at radius 3 is 2.49 bits per heavy atom. The average Bonchev–Trinajstić information content (AvgIpc) is 3.00. The van der Waals surface area contributed by atoms with Crippen LogP contribution in [-0.2, 0) is 0 Å². The highest BCUT2D eigenvalue weighted by atomic mass is 16.5. The molecule has 0 unspecified atom stereocenters. The lowest BCUT2D eigenvalue weighted by atomic mass is 10.1. The Morgan fingerprint density at radius 1 is 1.00 bits per heavy atom. The second kappa shape index (κ2) is 11.3. The van der Waals surface area contributed by atoms with Crippen LogP contribution in [0.4, 0.5) is 28.6 Å². The summed E-state index contributed by atoms with van der Waals surface area (Å²) in [5.41, 5.74) is 4.10. The molecule has 0 aliphatic carbocycles. The number of nitrogens with zero attached hydrogens (tertiary/aromatic N) is 4. The van der Waals surface area contributed by atoms with Crippen LogP contribution in [0.25, 0.3) is 0 Å². The Labute approximate surface area is 218 Å². The first-order valence-corrected chi connectivity index (χ1v) is 12.4. The van der Waals surface area contributed by atoms with E-state index < -0.39 is 0 Å². The molecule has 1 aliphatic rings. The van der Waals surface area contributed by atoms with Gasteiger partial charge in [0.25, 0.3) is 11.8 Å². The van der Waals surface area contributed by atoms with Crippen molar-refractivity contribution in [3.63, 3.8) is 0 Å². The van der Waals surface area contributed by atoms with Crippen LogP contribution in [0.1, 0.15) is 34.6 Å². The van der Waals surface area contributed by atoms with Crippen LogP contribution < -0.4 is 25.2 Å². The molecule has 9 nitrogen and oxygen atoms in total. The molecule has 0 radical (unpaired) electrons. The number of para-hydroxylation sites is 1. The quantitative estimate of drug-likeness (QED) is 0.452. The van der Waals surface area contributed by atoms with Crippen molar-refractivity contribution in [2.75, 3.05) is 62.5 Å². The summed E-state index contributed by atoms with van der Waals surface area (Å²) in [7, 11) is 5.26. The number of aromatic nitrogens is 1. The van der Waals surface area contributed by atoms with E-state index >= 15 is 0 Å². The summed E-state index contributed by atoms with van der Waals surface area (Å²) in [4.78, 5) is 36.3. The van der Waals surface area contributed by atoms with Crippen LogP contribution in [0, 0.1) is 0 Å². The molecular weight excluding hydrogens is 468 g/mol. The number of nitrogens with one attached hydrogen (secondary N) is 2. The Bertz CT molecular complexity index is 1290. The number of rotatable bonds is 9. The summed E-state index contributed by atoms with van der Waals surface area (Å²) in [5, 5.41) is 6.29. The van der Waals surface area contributed by atoms with E-state index in [1.807, 2.05) is 42.3 Å². The summed E-state index contributed by atoms with van der Waals surface area (Å²) >= 11 is 0.